The predicted octanol–water partition coefficient (Wildman–Crippen LogP) is 5.52. The van der Waals surface area contributed by atoms with E-state index in [9.17, 15) is 9.90 Å². The number of amides is 1. The first-order valence-electron chi connectivity index (χ1n) is 11.9. The molecule has 1 aliphatic rings. The van der Waals surface area contributed by atoms with Crippen molar-refractivity contribution in [3.63, 3.8) is 0 Å². The fourth-order valence-corrected chi connectivity index (χ4v) is 4.16. The number of rotatable bonds is 5. The zero-order valence-corrected chi connectivity index (χ0v) is 20.4. The van der Waals surface area contributed by atoms with E-state index in [-0.39, 0.29) is 18.2 Å². The highest BCUT2D eigenvalue weighted by molar-refractivity contribution is 5.69. The van der Waals surface area contributed by atoms with Crippen LogP contribution in [0.25, 0.3) is 16.9 Å². The number of fused-ring (bicyclic) bond motifs is 1. The second kappa shape index (κ2) is 10.7. The summed E-state index contributed by atoms with van der Waals surface area (Å²) in [4.78, 5) is 18.4. The molecule has 0 aliphatic carbocycles. The summed E-state index contributed by atoms with van der Waals surface area (Å²) in [7, 11) is 0. The van der Waals surface area contributed by atoms with Gasteiger partial charge in [-0.15, -0.1) is 0 Å². The van der Waals surface area contributed by atoms with Crippen LogP contribution < -0.4 is 0 Å². The number of carbonyl (C=O) groups excluding carboxylic acids is 1. The molecule has 35 heavy (non-hydrogen) atoms. The van der Waals surface area contributed by atoms with Crippen molar-refractivity contribution in [1.29, 1.82) is 0 Å². The first-order valence-corrected chi connectivity index (χ1v) is 11.9. The SMILES string of the molecule is CC(c1ccc(-c2ccc3nccn3n2)cc1)N1CCC(CC(C)(C)O)OC1=O.c1ccccc1. The maximum atomic E-state index is 12.5. The van der Waals surface area contributed by atoms with Crippen molar-refractivity contribution in [3.8, 4) is 11.3 Å². The number of nitrogens with zero attached hydrogens (tertiary/aromatic N) is 4. The summed E-state index contributed by atoms with van der Waals surface area (Å²) >= 11 is 0. The van der Waals surface area contributed by atoms with E-state index in [1.165, 1.54) is 0 Å². The van der Waals surface area contributed by atoms with Crippen molar-refractivity contribution in [3.05, 3.63) is 90.8 Å². The highest BCUT2D eigenvalue weighted by Crippen LogP contribution is 2.29. The standard InChI is InChI=1S/C22H26N4O3.C6H6/c1-15(25-12-10-18(29-21(25)27)14-22(2,3)28)16-4-6-17(7-5-16)19-8-9-20-23-11-13-26(20)24-19;1-2-4-6-5-3-1/h4-9,11,13,15,18,28H,10,12,14H2,1-3H3;1-6H. The molecular weight excluding hydrogens is 440 g/mol. The maximum absolute atomic E-state index is 12.5. The van der Waals surface area contributed by atoms with Gasteiger partial charge < -0.3 is 14.7 Å². The number of benzene rings is 2. The van der Waals surface area contributed by atoms with Gasteiger partial charge in [0.05, 0.1) is 17.3 Å². The molecule has 7 heteroatoms. The summed E-state index contributed by atoms with van der Waals surface area (Å²) in [6, 6.07) is 23.9. The van der Waals surface area contributed by atoms with Crippen LogP contribution in [-0.2, 0) is 4.74 Å². The van der Waals surface area contributed by atoms with E-state index in [0.717, 1.165) is 22.5 Å². The number of hydrogen-bond donors (Lipinski definition) is 1. The van der Waals surface area contributed by atoms with Crippen LogP contribution in [0.4, 0.5) is 4.79 Å². The second-order valence-corrected chi connectivity index (χ2v) is 9.41. The van der Waals surface area contributed by atoms with E-state index in [1.807, 2.05) is 85.9 Å². The highest BCUT2D eigenvalue weighted by atomic mass is 16.6. The van der Waals surface area contributed by atoms with E-state index in [1.54, 1.807) is 29.5 Å². The number of hydrogen-bond acceptors (Lipinski definition) is 5. The van der Waals surface area contributed by atoms with Crippen molar-refractivity contribution in [2.45, 2.75) is 51.4 Å². The molecule has 182 valence electrons. The zero-order valence-electron chi connectivity index (χ0n) is 20.4. The summed E-state index contributed by atoms with van der Waals surface area (Å²) < 4.78 is 7.30. The molecule has 1 saturated heterocycles. The summed E-state index contributed by atoms with van der Waals surface area (Å²) in [5, 5.41) is 14.5. The van der Waals surface area contributed by atoms with Crippen molar-refractivity contribution < 1.29 is 14.6 Å². The van der Waals surface area contributed by atoms with E-state index in [0.29, 0.717) is 19.4 Å². The lowest BCUT2D eigenvalue weighted by Gasteiger charge is -2.37. The summed E-state index contributed by atoms with van der Waals surface area (Å²) in [5.41, 5.74) is 2.87. The lowest BCUT2D eigenvalue weighted by Crippen LogP contribution is -2.45. The molecule has 7 nitrogen and oxygen atoms in total. The van der Waals surface area contributed by atoms with Crippen LogP contribution in [-0.4, -0.2) is 48.9 Å². The second-order valence-electron chi connectivity index (χ2n) is 9.41. The van der Waals surface area contributed by atoms with Gasteiger partial charge in [-0.3, -0.25) is 0 Å². The number of ether oxygens (including phenoxy) is 1. The van der Waals surface area contributed by atoms with E-state index >= 15 is 0 Å². The number of aliphatic hydroxyl groups is 1. The van der Waals surface area contributed by atoms with Crippen molar-refractivity contribution in [2.24, 2.45) is 0 Å². The largest absolute Gasteiger partial charge is 0.446 e. The minimum atomic E-state index is -0.845. The topological polar surface area (TPSA) is 80.0 Å². The quantitative estimate of drug-likeness (QED) is 0.414. The minimum absolute atomic E-state index is 0.0938. The third kappa shape index (κ3) is 6.45. The van der Waals surface area contributed by atoms with Crippen LogP contribution in [0, 0.1) is 0 Å². The molecule has 4 aromatic rings. The molecule has 5 rings (SSSR count). The van der Waals surface area contributed by atoms with Crippen molar-refractivity contribution in [2.75, 3.05) is 6.54 Å². The molecule has 2 aromatic carbocycles. The lowest BCUT2D eigenvalue weighted by molar-refractivity contribution is -0.0309. The van der Waals surface area contributed by atoms with Crippen LogP contribution in [0.2, 0.25) is 0 Å². The molecular formula is C28H32N4O3. The third-order valence-electron chi connectivity index (χ3n) is 6.00. The Kier molecular flexibility index (Phi) is 7.46. The predicted molar refractivity (Wildman–Crippen MR) is 136 cm³/mol. The fourth-order valence-electron chi connectivity index (χ4n) is 4.16. The van der Waals surface area contributed by atoms with Gasteiger partial charge in [-0.2, -0.15) is 5.10 Å². The van der Waals surface area contributed by atoms with Crippen molar-refractivity contribution >= 4 is 11.7 Å². The molecule has 2 unspecified atom stereocenters. The molecule has 2 atom stereocenters. The zero-order chi connectivity index (χ0) is 24.8. The van der Waals surface area contributed by atoms with Crippen LogP contribution in [0.15, 0.2) is 85.2 Å². The molecule has 1 amide bonds. The molecule has 3 heterocycles. The van der Waals surface area contributed by atoms with Gasteiger partial charge in [0.15, 0.2) is 5.65 Å². The molecule has 0 saturated carbocycles. The molecule has 2 aromatic heterocycles. The number of imidazole rings is 1. The third-order valence-corrected chi connectivity index (χ3v) is 6.00. The minimum Gasteiger partial charge on any atom is -0.446 e. The molecule has 0 spiro atoms. The Labute approximate surface area is 206 Å². The Bertz CT molecular complexity index is 1210. The van der Waals surface area contributed by atoms with Crippen LogP contribution in [0.5, 0.6) is 0 Å². The Morgan fingerprint density at radius 2 is 1.71 bits per heavy atom. The smallest absolute Gasteiger partial charge is 0.410 e. The van der Waals surface area contributed by atoms with Gasteiger partial charge in [-0.05, 0) is 38.5 Å². The molecule has 0 bridgehead atoms. The van der Waals surface area contributed by atoms with Crippen LogP contribution >= 0.6 is 0 Å². The van der Waals surface area contributed by atoms with Gasteiger partial charge in [-0.25, -0.2) is 14.3 Å². The van der Waals surface area contributed by atoms with Gasteiger partial charge in [0.1, 0.15) is 6.10 Å². The first-order chi connectivity index (χ1) is 16.8. The van der Waals surface area contributed by atoms with Gasteiger partial charge in [0.25, 0.3) is 0 Å². The Morgan fingerprint density at radius 1 is 1.06 bits per heavy atom. The van der Waals surface area contributed by atoms with Gasteiger partial charge >= 0.3 is 6.09 Å². The van der Waals surface area contributed by atoms with Crippen LogP contribution in [0.1, 0.15) is 45.2 Å². The Balaban J connectivity index is 0.000000421. The molecule has 1 fully saturated rings. The molecule has 0 radical (unpaired) electrons. The first kappa shape index (κ1) is 24.4. The van der Waals surface area contributed by atoms with Crippen molar-refractivity contribution in [1.82, 2.24) is 19.5 Å². The monoisotopic (exact) mass is 472 g/mol. The number of aromatic nitrogens is 3. The normalized spacial score (nSPS) is 16.9. The summed E-state index contributed by atoms with van der Waals surface area (Å²) in [5.74, 6) is 0. The Morgan fingerprint density at radius 3 is 2.31 bits per heavy atom. The molecule has 1 N–H and O–H groups in total. The highest BCUT2D eigenvalue weighted by Gasteiger charge is 2.33. The molecule has 1 aliphatic heterocycles. The van der Waals surface area contributed by atoms with E-state index in [4.69, 9.17) is 4.74 Å². The number of carbonyl (C=O) groups is 1. The lowest BCUT2D eigenvalue weighted by atomic mass is 9.97. The van der Waals surface area contributed by atoms with Gasteiger partial charge in [-0.1, -0.05) is 60.7 Å². The maximum Gasteiger partial charge on any atom is 0.410 e. The average Bonchev–Trinajstić information content (AvgIpc) is 3.32. The number of cyclic esters (lactones) is 1. The van der Waals surface area contributed by atoms with Gasteiger partial charge in [0.2, 0.25) is 0 Å². The fraction of sp³-hybridized carbons (Fsp3) is 0.321. The summed E-state index contributed by atoms with van der Waals surface area (Å²) in [6.07, 6.45) is 4.15. The van der Waals surface area contributed by atoms with Crippen LogP contribution in [0.3, 0.4) is 0 Å². The van der Waals surface area contributed by atoms with E-state index in [2.05, 4.69) is 10.1 Å². The van der Waals surface area contributed by atoms with Gasteiger partial charge in [0, 0.05) is 37.3 Å². The summed E-state index contributed by atoms with van der Waals surface area (Å²) in [6.45, 7) is 6.08. The van der Waals surface area contributed by atoms with E-state index < -0.39 is 5.60 Å². The average molecular weight is 473 g/mol. The Hall–Kier alpha value is -3.71.